The van der Waals surface area contributed by atoms with Gasteiger partial charge in [-0.1, -0.05) is 36.7 Å². The molecule has 1 heterocycles. The molecule has 0 spiro atoms. The smallest absolute Gasteiger partial charge is 0.147 e. The molecule has 0 aliphatic heterocycles. The average Bonchev–Trinajstić information content (AvgIpc) is 2.77. The molecule has 4 nitrogen and oxygen atoms in total. The highest BCUT2D eigenvalue weighted by Gasteiger charge is 2.11. The van der Waals surface area contributed by atoms with Gasteiger partial charge in [0.2, 0.25) is 0 Å². The van der Waals surface area contributed by atoms with Crippen LogP contribution in [0.3, 0.4) is 0 Å². The number of benzene rings is 1. The molecular weight excluding hydrogens is 274 g/mol. The van der Waals surface area contributed by atoms with Gasteiger partial charge in [-0.2, -0.15) is 0 Å². The van der Waals surface area contributed by atoms with Crippen LogP contribution in [0.4, 0.5) is 0 Å². The molecule has 1 aromatic carbocycles. The van der Waals surface area contributed by atoms with Crippen molar-refractivity contribution in [1.82, 2.24) is 14.9 Å². The first-order valence-corrected chi connectivity index (χ1v) is 7.12. The van der Waals surface area contributed by atoms with Gasteiger partial charge in [-0.15, -0.1) is 0 Å². The zero-order chi connectivity index (χ0) is 14.5. The molecule has 0 saturated heterocycles. The van der Waals surface area contributed by atoms with Crippen LogP contribution in [0.1, 0.15) is 31.3 Å². The topological polar surface area (TPSA) is 39.1 Å². The van der Waals surface area contributed by atoms with E-state index in [0.717, 1.165) is 23.7 Å². The fourth-order valence-corrected chi connectivity index (χ4v) is 2.23. The van der Waals surface area contributed by atoms with Crippen molar-refractivity contribution in [2.24, 2.45) is 7.05 Å². The zero-order valence-corrected chi connectivity index (χ0v) is 12.8. The molecule has 1 atom stereocenters. The second-order valence-electron chi connectivity index (χ2n) is 4.66. The first kappa shape index (κ1) is 14.9. The first-order valence-electron chi connectivity index (χ1n) is 6.74. The van der Waals surface area contributed by atoms with Gasteiger partial charge in [-0.05, 0) is 19.5 Å². The van der Waals surface area contributed by atoms with Crippen LogP contribution in [0, 0.1) is 0 Å². The summed E-state index contributed by atoms with van der Waals surface area (Å²) in [5.74, 6) is 1.68. The molecule has 0 amide bonds. The van der Waals surface area contributed by atoms with E-state index in [0.29, 0.717) is 11.8 Å². The summed E-state index contributed by atoms with van der Waals surface area (Å²) in [7, 11) is 1.88. The van der Waals surface area contributed by atoms with Crippen molar-refractivity contribution in [3.63, 3.8) is 0 Å². The van der Waals surface area contributed by atoms with Gasteiger partial charge in [-0.25, -0.2) is 4.98 Å². The molecule has 0 aliphatic rings. The molecule has 0 bridgehead atoms. The maximum absolute atomic E-state index is 5.97. The van der Waals surface area contributed by atoms with E-state index in [9.17, 15) is 0 Å². The fourth-order valence-electron chi connectivity index (χ4n) is 2.09. The van der Waals surface area contributed by atoms with Gasteiger partial charge >= 0.3 is 0 Å². The molecule has 2 aromatic rings. The van der Waals surface area contributed by atoms with E-state index in [1.54, 1.807) is 6.20 Å². The molecule has 2 rings (SSSR count). The Bertz CT molecular complexity index is 568. The van der Waals surface area contributed by atoms with Gasteiger partial charge in [0.05, 0.1) is 6.20 Å². The van der Waals surface area contributed by atoms with E-state index in [1.165, 1.54) is 0 Å². The molecule has 108 valence electrons. The van der Waals surface area contributed by atoms with Crippen molar-refractivity contribution in [2.75, 3.05) is 6.54 Å². The van der Waals surface area contributed by atoms with Crippen LogP contribution in [0.15, 0.2) is 30.5 Å². The van der Waals surface area contributed by atoms with Crippen molar-refractivity contribution in [1.29, 1.82) is 0 Å². The van der Waals surface area contributed by atoms with Crippen LogP contribution >= 0.6 is 11.6 Å². The van der Waals surface area contributed by atoms with Crippen LogP contribution in [0.5, 0.6) is 5.75 Å². The van der Waals surface area contributed by atoms with Gasteiger partial charge in [0.15, 0.2) is 0 Å². The second kappa shape index (κ2) is 6.77. The van der Waals surface area contributed by atoms with Gasteiger partial charge in [0.25, 0.3) is 0 Å². The van der Waals surface area contributed by atoms with Crippen LogP contribution < -0.4 is 10.1 Å². The fraction of sp³-hybridized carbons (Fsp3) is 0.400. The monoisotopic (exact) mass is 293 g/mol. The van der Waals surface area contributed by atoms with E-state index in [-0.39, 0.29) is 6.04 Å². The lowest BCUT2D eigenvalue weighted by Crippen LogP contribution is -2.18. The maximum Gasteiger partial charge on any atom is 0.147 e. The Morgan fingerprint density at radius 1 is 1.40 bits per heavy atom. The van der Waals surface area contributed by atoms with Crippen molar-refractivity contribution < 1.29 is 4.74 Å². The lowest BCUT2D eigenvalue weighted by atomic mass is 10.1. The van der Waals surface area contributed by atoms with E-state index in [2.05, 4.69) is 30.2 Å². The lowest BCUT2D eigenvalue weighted by molar-refractivity contribution is 0.286. The molecule has 0 fully saturated rings. The van der Waals surface area contributed by atoms with Crippen LogP contribution in [0.2, 0.25) is 5.15 Å². The number of aromatic nitrogens is 2. The number of nitrogens with zero attached hydrogens (tertiary/aromatic N) is 2. The highest BCUT2D eigenvalue weighted by molar-refractivity contribution is 6.29. The van der Waals surface area contributed by atoms with E-state index >= 15 is 0 Å². The van der Waals surface area contributed by atoms with Crippen molar-refractivity contribution in [2.45, 2.75) is 26.5 Å². The minimum Gasteiger partial charge on any atom is -0.485 e. The highest BCUT2D eigenvalue weighted by Crippen LogP contribution is 2.25. The first-order chi connectivity index (χ1) is 9.63. The number of halogens is 1. The molecule has 1 aromatic heterocycles. The third-order valence-corrected chi connectivity index (χ3v) is 3.63. The molecule has 0 saturated carbocycles. The molecular formula is C15H20ClN3O. The predicted molar refractivity (Wildman–Crippen MR) is 81.1 cm³/mol. The maximum atomic E-state index is 5.97. The largest absolute Gasteiger partial charge is 0.485 e. The third-order valence-electron chi connectivity index (χ3n) is 3.28. The summed E-state index contributed by atoms with van der Waals surface area (Å²) in [5.41, 5.74) is 1.15. The molecule has 1 N–H and O–H groups in total. The molecule has 0 radical (unpaired) electrons. The number of ether oxygens (including phenoxy) is 1. The van der Waals surface area contributed by atoms with E-state index in [1.807, 2.05) is 29.8 Å². The number of nitrogens with one attached hydrogen (secondary N) is 1. The van der Waals surface area contributed by atoms with E-state index < -0.39 is 0 Å². The van der Waals surface area contributed by atoms with Gasteiger partial charge in [-0.3, -0.25) is 0 Å². The minimum absolute atomic E-state index is 0.251. The summed E-state index contributed by atoms with van der Waals surface area (Å²) < 4.78 is 7.72. The van der Waals surface area contributed by atoms with Crippen LogP contribution in [0.25, 0.3) is 0 Å². The predicted octanol–water partition coefficient (Wildman–Crippen LogP) is 3.32. The zero-order valence-electron chi connectivity index (χ0n) is 12.1. The van der Waals surface area contributed by atoms with Crippen LogP contribution in [-0.4, -0.2) is 16.1 Å². The van der Waals surface area contributed by atoms with Gasteiger partial charge in [0.1, 0.15) is 23.3 Å². The lowest BCUT2D eigenvalue weighted by Gasteiger charge is -2.17. The van der Waals surface area contributed by atoms with Crippen LogP contribution in [-0.2, 0) is 13.7 Å². The Balaban J connectivity index is 2.11. The van der Waals surface area contributed by atoms with Crippen molar-refractivity contribution in [3.05, 3.63) is 47.0 Å². The Morgan fingerprint density at radius 3 is 2.80 bits per heavy atom. The van der Waals surface area contributed by atoms with Crippen molar-refractivity contribution >= 4 is 11.6 Å². The third kappa shape index (κ3) is 3.32. The normalized spacial score (nSPS) is 12.4. The minimum atomic E-state index is 0.251. The summed E-state index contributed by atoms with van der Waals surface area (Å²) in [4.78, 5) is 4.23. The highest BCUT2D eigenvalue weighted by atomic mass is 35.5. The quantitative estimate of drug-likeness (QED) is 0.888. The van der Waals surface area contributed by atoms with Gasteiger partial charge in [0, 0.05) is 18.7 Å². The Hall–Kier alpha value is -1.52. The molecule has 0 aliphatic carbocycles. The number of imidazole rings is 1. The summed E-state index contributed by atoms with van der Waals surface area (Å²) in [6, 6.07) is 8.30. The SMILES string of the molecule is CCNC(C)c1ccccc1OCc1ncc(Cl)n1C. The van der Waals surface area contributed by atoms with Crippen molar-refractivity contribution in [3.8, 4) is 5.75 Å². The Kier molecular flexibility index (Phi) is 5.04. The number of rotatable bonds is 6. The summed E-state index contributed by atoms with van der Waals surface area (Å²) in [5, 5.41) is 4.00. The number of para-hydroxylation sites is 1. The van der Waals surface area contributed by atoms with Gasteiger partial charge < -0.3 is 14.6 Å². The molecule has 1 unspecified atom stereocenters. The molecule has 5 heteroatoms. The summed E-state index contributed by atoms with van der Waals surface area (Å²) in [6.45, 7) is 5.54. The second-order valence-corrected chi connectivity index (χ2v) is 5.05. The standard InChI is InChI=1S/C15H20ClN3O/c1-4-17-11(2)12-7-5-6-8-13(12)20-10-15-18-9-14(16)19(15)3/h5-9,11,17H,4,10H2,1-3H3. The molecule has 20 heavy (non-hydrogen) atoms. The Labute approximate surface area is 124 Å². The Morgan fingerprint density at radius 2 is 2.15 bits per heavy atom. The summed E-state index contributed by atoms with van der Waals surface area (Å²) >= 11 is 5.97. The number of hydrogen-bond acceptors (Lipinski definition) is 3. The summed E-state index contributed by atoms with van der Waals surface area (Å²) in [6.07, 6.45) is 1.63. The van der Waals surface area contributed by atoms with E-state index in [4.69, 9.17) is 16.3 Å². The average molecular weight is 294 g/mol. The number of hydrogen-bond donors (Lipinski definition) is 1.